The second-order valence-electron chi connectivity index (χ2n) is 10.1. The van der Waals surface area contributed by atoms with Crippen LogP contribution in [0.15, 0.2) is 93.6 Å². The van der Waals surface area contributed by atoms with Gasteiger partial charge in [0.15, 0.2) is 28.0 Å². The smallest absolute Gasteiger partial charge is 0.199 e. The molecule has 3 aliphatic rings. The summed E-state index contributed by atoms with van der Waals surface area (Å²) in [5, 5.41) is 0.0692. The second-order valence-corrected chi connectivity index (χ2v) is 18.3. The quantitative estimate of drug-likeness (QED) is 0.403. The standard InChI is InChI=1S/C25H30O5S2Si/c1-24-15-17-25(18-16-24,30-33(2,3)4)23(32(28,29)21-13-9-6-10-14-21)22(24)19-31(26,27)20-11-7-5-8-12-20/h5-15,17,19,23H,16,18H2,1-4H3/t23-,24+,25+/m0/s1. The molecule has 0 N–H and O–H groups in total. The van der Waals surface area contributed by atoms with Crippen molar-refractivity contribution in [1.29, 1.82) is 0 Å². The van der Waals surface area contributed by atoms with Crippen LogP contribution in [-0.4, -0.2) is 36.0 Å². The van der Waals surface area contributed by atoms with Gasteiger partial charge in [-0.3, -0.25) is 0 Å². The monoisotopic (exact) mass is 502 g/mol. The van der Waals surface area contributed by atoms with Crippen LogP contribution in [0, 0.1) is 5.41 Å². The fraction of sp³-hybridized carbons (Fsp3) is 0.360. The van der Waals surface area contributed by atoms with Crippen molar-refractivity contribution in [2.75, 3.05) is 0 Å². The van der Waals surface area contributed by atoms with Crippen LogP contribution < -0.4 is 0 Å². The number of fused-ring (bicyclic) bond motifs is 2. The molecule has 0 spiro atoms. The van der Waals surface area contributed by atoms with Crippen LogP contribution >= 0.6 is 0 Å². The first kappa shape index (κ1) is 24.1. The van der Waals surface area contributed by atoms with Crippen molar-refractivity contribution in [2.24, 2.45) is 5.41 Å². The highest BCUT2D eigenvalue weighted by Crippen LogP contribution is 2.56. The minimum Gasteiger partial charge on any atom is -0.407 e. The van der Waals surface area contributed by atoms with Crippen LogP contribution in [0.2, 0.25) is 19.6 Å². The number of benzene rings is 2. The van der Waals surface area contributed by atoms with E-state index >= 15 is 0 Å². The number of allylic oxidation sites excluding steroid dienone is 1. The van der Waals surface area contributed by atoms with E-state index < -0.39 is 44.3 Å². The van der Waals surface area contributed by atoms with Crippen molar-refractivity contribution in [3.05, 3.63) is 83.8 Å². The van der Waals surface area contributed by atoms with Gasteiger partial charge in [0.05, 0.1) is 15.4 Å². The Labute approximate surface area is 198 Å². The molecule has 5 rings (SSSR count). The number of hydrogen-bond acceptors (Lipinski definition) is 5. The summed E-state index contributed by atoms with van der Waals surface area (Å²) in [6.07, 6.45) is 4.96. The van der Waals surface area contributed by atoms with Crippen molar-refractivity contribution in [2.45, 2.75) is 60.0 Å². The molecule has 176 valence electrons. The Morgan fingerprint density at radius 1 is 0.848 bits per heavy atom. The number of rotatable bonds is 6. The van der Waals surface area contributed by atoms with Gasteiger partial charge in [0.2, 0.25) is 0 Å². The first-order valence-corrected chi connectivity index (χ1v) is 17.5. The van der Waals surface area contributed by atoms with Crippen molar-refractivity contribution in [1.82, 2.24) is 0 Å². The molecule has 0 aromatic heterocycles. The maximum absolute atomic E-state index is 14.1. The molecule has 0 saturated heterocycles. The van der Waals surface area contributed by atoms with Crippen LogP contribution in [0.4, 0.5) is 0 Å². The normalized spacial score (nSPS) is 28.8. The molecule has 1 saturated carbocycles. The van der Waals surface area contributed by atoms with Gasteiger partial charge >= 0.3 is 0 Å². The van der Waals surface area contributed by atoms with Gasteiger partial charge in [0.1, 0.15) is 5.25 Å². The minimum absolute atomic E-state index is 0.141. The third-order valence-electron chi connectivity index (χ3n) is 6.39. The third kappa shape index (κ3) is 4.41. The number of hydrogen-bond donors (Lipinski definition) is 0. The first-order chi connectivity index (χ1) is 15.3. The zero-order valence-electron chi connectivity index (χ0n) is 19.4. The highest BCUT2D eigenvalue weighted by molar-refractivity contribution is 7.94. The Morgan fingerprint density at radius 3 is 1.88 bits per heavy atom. The van der Waals surface area contributed by atoms with Crippen LogP contribution in [0.25, 0.3) is 0 Å². The molecule has 33 heavy (non-hydrogen) atoms. The van der Waals surface area contributed by atoms with E-state index in [2.05, 4.69) is 0 Å². The van der Waals surface area contributed by atoms with Crippen molar-refractivity contribution in [3.8, 4) is 0 Å². The third-order valence-corrected chi connectivity index (χ3v) is 11.1. The molecular weight excluding hydrogens is 472 g/mol. The summed E-state index contributed by atoms with van der Waals surface area (Å²) in [5.74, 6) is 0. The Morgan fingerprint density at radius 2 is 1.39 bits per heavy atom. The molecule has 8 heteroatoms. The molecule has 1 fully saturated rings. The van der Waals surface area contributed by atoms with Gasteiger partial charge in [-0.25, -0.2) is 16.8 Å². The summed E-state index contributed by atoms with van der Waals surface area (Å²) in [4.78, 5) is 0.309. The zero-order valence-corrected chi connectivity index (χ0v) is 22.0. The zero-order chi connectivity index (χ0) is 24.1. The maximum Gasteiger partial charge on any atom is 0.199 e. The van der Waals surface area contributed by atoms with Crippen molar-refractivity contribution >= 4 is 28.0 Å². The molecule has 0 unspecified atom stereocenters. The van der Waals surface area contributed by atoms with Gasteiger partial charge in [-0.1, -0.05) is 55.5 Å². The predicted octanol–water partition coefficient (Wildman–Crippen LogP) is 5.15. The molecule has 0 amide bonds. The molecular formula is C25H30O5S2Si. The summed E-state index contributed by atoms with van der Waals surface area (Å²) < 4.78 is 61.6. The lowest BCUT2D eigenvalue weighted by molar-refractivity contribution is 0.0570. The topological polar surface area (TPSA) is 77.5 Å². The lowest BCUT2D eigenvalue weighted by atomic mass is 9.61. The van der Waals surface area contributed by atoms with Crippen LogP contribution in [0.3, 0.4) is 0 Å². The van der Waals surface area contributed by atoms with E-state index in [9.17, 15) is 16.8 Å². The fourth-order valence-electron chi connectivity index (χ4n) is 4.89. The maximum atomic E-state index is 14.1. The van der Waals surface area contributed by atoms with Gasteiger partial charge in [-0.15, -0.1) is 0 Å². The van der Waals surface area contributed by atoms with E-state index in [1.165, 1.54) is 17.5 Å². The van der Waals surface area contributed by atoms with E-state index in [-0.39, 0.29) is 9.79 Å². The summed E-state index contributed by atoms with van der Waals surface area (Å²) in [5.41, 5.74) is -1.42. The van der Waals surface area contributed by atoms with E-state index in [4.69, 9.17) is 4.43 Å². The second kappa shape index (κ2) is 8.04. The van der Waals surface area contributed by atoms with Gasteiger partial charge in [0.25, 0.3) is 0 Å². The lowest BCUT2D eigenvalue weighted by Crippen LogP contribution is -2.61. The van der Waals surface area contributed by atoms with E-state index in [0.717, 1.165) is 0 Å². The molecule has 0 radical (unpaired) electrons. The van der Waals surface area contributed by atoms with E-state index in [1.807, 2.05) is 38.7 Å². The molecule has 2 aromatic carbocycles. The predicted molar refractivity (Wildman–Crippen MR) is 133 cm³/mol. The van der Waals surface area contributed by atoms with Crippen LogP contribution in [0.1, 0.15) is 19.8 Å². The van der Waals surface area contributed by atoms with Crippen LogP contribution in [0.5, 0.6) is 0 Å². The summed E-state index contributed by atoms with van der Waals surface area (Å²) in [7, 11) is -10.0. The SMILES string of the molecule is C[C@@]12C=C[C@@](O[Si](C)(C)C)(CC1)[C@@H](S(=O)(=O)c1ccccc1)C2=CS(=O)(=O)c1ccccc1. The molecule has 2 bridgehead atoms. The summed E-state index contributed by atoms with van der Waals surface area (Å²) >= 11 is 0. The Balaban J connectivity index is 1.99. The average Bonchev–Trinajstić information content (AvgIpc) is 2.75. The van der Waals surface area contributed by atoms with Crippen molar-refractivity contribution < 1.29 is 21.3 Å². The first-order valence-electron chi connectivity index (χ1n) is 11.0. The Bertz CT molecular complexity index is 1310. The average molecular weight is 503 g/mol. The summed E-state index contributed by atoms with van der Waals surface area (Å²) in [6.45, 7) is 7.98. The van der Waals surface area contributed by atoms with E-state index in [1.54, 1.807) is 48.5 Å². The highest BCUT2D eigenvalue weighted by atomic mass is 32.2. The van der Waals surface area contributed by atoms with Gasteiger partial charge in [-0.05, 0) is 62.3 Å². The highest BCUT2D eigenvalue weighted by Gasteiger charge is 2.60. The summed E-state index contributed by atoms with van der Waals surface area (Å²) in [6, 6.07) is 16.4. The van der Waals surface area contributed by atoms with Gasteiger partial charge in [-0.2, -0.15) is 0 Å². The minimum atomic E-state index is -3.95. The Kier molecular flexibility index (Phi) is 5.88. The Hall–Kier alpha value is -2.00. The van der Waals surface area contributed by atoms with Crippen LogP contribution in [-0.2, 0) is 24.1 Å². The molecule has 3 aliphatic carbocycles. The lowest BCUT2D eigenvalue weighted by Gasteiger charge is -2.55. The number of sulfone groups is 2. The van der Waals surface area contributed by atoms with Gasteiger partial charge < -0.3 is 4.43 Å². The van der Waals surface area contributed by atoms with Crippen molar-refractivity contribution in [3.63, 3.8) is 0 Å². The fourth-order valence-corrected chi connectivity index (χ4v) is 10.2. The largest absolute Gasteiger partial charge is 0.407 e. The molecule has 2 aromatic rings. The van der Waals surface area contributed by atoms with Gasteiger partial charge in [0, 0.05) is 10.8 Å². The molecule has 5 nitrogen and oxygen atoms in total. The molecule has 0 aliphatic heterocycles. The van der Waals surface area contributed by atoms with E-state index in [0.29, 0.717) is 18.4 Å². The molecule has 3 atom stereocenters. The molecule has 0 heterocycles.